The minimum absolute atomic E-state index is 0.0509. The van der Waals surface area contributed by atoms with Gasteiger partial charge < -0.3 is 0 Å². The van der Waals surface area contributed by atoms with Crippen molar-refractivity contribution in [2.24, 2.45) is 0 Å². The number of hydrogen-bond donors (Lipinski definition) is 0. The molecule has 0 nitrogen and oxygen atoms in total. The average molecular weight is 346 g/mol. The van der Waals surface area contributed by atoms with E-state index in [2.05, 4.69) is 15.9 Å². The van der Waals surface area contributed by atoms with E-state index in [-0.39, 0.29) is 16.8 Å². The lowest BCUT2D eigenvalue weighted by atomic mass is 9.93. The summed E-state index contributed by atoms with van der Waals surface area (Å²) in [7, 11) is 0. The van der Waals surface area contributed by atoms with Crippen LogP contribution in [-0.4, -0.2) is 5.33 Å². The molecule has 2 aromatic carbocycles. The van der Waals surface area contributed by atoms with Gasteiger partial charge in [0.2, 0.25) is 0 Å². The molecule has 0 radical (unpaired) electrons. The molecule has 0 bridgehead atoms. The molecule has 0 heterocycles. The molecule has 0 saturated heterocycles. The molecule has 100 valence electrons. The van der Waals surface area contributed by atoms with Crippen molar-refractivity contribution in [2.45, 2.75) is 12.3 Å². The highest BCUT2D eigenvalue weighted by atomic mass is 79.9. The van der Waals surface area contributed by atoms with Gasteiger partial charge in [0.1, 0.15) is 11.6 Å². The maximum atomic E-state index is 13.4. The van der Waals surface area contributed by atoms with Crippen LogP contribution in [0.15, 0.2) is 42.5 Å². The summed E-state index contributed by atoms with van der Waals surface area (Å²) in [5.74, 6) is -0.643. The first-order chi connectivity index (χ1) is 9.11. The predicted molar refractivity (Wildman–Crippen MR) is 78.0 cm³/mol. The van der Waals surface area contributed by atoms with E-state index in [0.29, 0.717) is 11.8 Å². The summed E-state index contributed by atoms with van der Waals surface area (Å²) in [6.07, 6.45) is 0.561. The average Bonchev–Trinajstić information content (AvgIpc) is 2.40. The maximum Gasteiger partial charge on any atom is 0.142 e. The molecule has 0 amide bonds. The lowest BCUT2D eigenvalue weighted by Crippen LogP contribution is -2.06. The van der Waals surface area contributed by atoms with Crippen LogP contribution in [0, 0.1) is 11.6 Å². The van der Waals surface area contributed by atoms with Gasteiger partial charge in [0.25, 0.3) is 0 Å². The van der Waals surface area contributed by atoms with Crippen LogP contribution in [0.25, 0.3) is 0 Å². The summed E-state index contributed by atoms with van der Waals surface area (Å²) in [5.41, 5.74) is 1.60. The molecule has 0 aliphatic carbocycles. The van der Waals surface area contributed by atoms with Crippen molar-refractivity contribution in [1.82, 2.24) is 0 Å². The molecule has 1 atom stereocenters. The molecule has 0 aliphatic heterocycles. The Balaban J connectivity index is 2.26. The van der Waals surface area contributed by atoms with Crippen molar-refractivity contribution in [1.29, 1.82) is 0 Å². The Labute approximate surface area is 124 Å². The molecule has 0 aromatic heterocycles. The van der Waals surface area contributed by atoms with E-state index in [1.165, 1.54) is 18.2 Å². The highest BCUT2D eigenvalue weighted by Crippen LogP contribution is 2.28. The first-order valence-electron chi connectivity index (χ1n) is 5.86. The minimum Gasteiger partial charge on any atom is -0.207 e. The van der Waals surface area contributed by atoms with Gasteiger partial charge in [-0.2, -0.15) is 0 Å². The molecule has 2 rings (SSSR count). The van der Waals surface area contributed by atoms with Gasteiger partial charge in [-0.05, 0) is 41.7 Å². The molecular weight excluding hydrogens is 334 g/mol. The fraction of sp³-hybridized carbons (Fsp3) is 0.200. The predicted octanol–water partition coefficient (Wildman–Crippen LogP) is 5.34. The highest BCUT2D eigenvalue weighted by molar-refractivity contribution is 9.09. The molecule has 0 aliphatic rings. The van der Waals surface area contributed by atoms with Gasteiger partial charge in [-0.3, -0.25) is 0 Å². The largest absolute Gasteiger partial charge is 0.207 e. The van der Waals surface area contributed by atoms with Crippen LogP contribution >= 0.6 is 27.5 Å². The van der Waals surface area contributed by atoms with Gasteiger partial charge in [0, 0.05) is 5.33 Å². The second-order valence-corrected chi connectivity index (χ2v) is 5.35. The van der Waals surface area contributed by atoms with Crippen LogP contribution in [-0.2, 0) is 6.42 Å². The van der Waals surface area contributed by atoms with E-state index in [1.54, 1.807) is 18.2 Å². The molecule has 1 unspecified atom stereocenters. The second kappa shape index (κ2) is 6.49. The Hall–Kier alpha value is -0.930. The fourth-order valence-electron chi connectivity index (χ4n) is 1.99. The summed E-state index contributed by atoms with van der Waals surface area (Å²) in [4.78, 5) is 0. The Bertz CT molecular complexity index is 572. The van der Waals surface area contributed by atoms with Crippen LogP contribution in [0.4, 0.5) is 8.78 Å². The third-order valence-corrected chi connectivity index (χ3v) is 4.21. The number of rotatable bonds is 4. The van der Waals surface area contributed by atoms with Gasteiger partial charge in [0.05, 0.1) is 5.02 Å². The van der Waals surface area contributed by atoms with Gasteiger partial charge in [-0.25, -0.2) is 8.78 Å². The first-order valence-corrected chi connectivity index (χ1v) is 7.36. The molecule has 0 N–H and O–H groups in total. The van der Waals surface area contributed by atoms with E-state index in [1.807, 2.05) is 6.07 Å². The highest BCUT2D eigenvalue weighted by Gasteiger charge is 2.15. The zero-order valence-electron chi connectivity index (χ0n) is 10.0. The van der Waals surface area contributed by atoms with E-state index >= 15 is 0 Å². The molecule has 0 spiro atoms. The van der Waals surface area contributed by atoms with E-state index in [0.717, 1.165) is 11.1 Å². The van der Waals surface area contributed by atoms with Crippen molar-refractivity contribution >= 4 is 27.5 Å². The summed E-state index contributed by atoms with van der Waals surface area (Å²) in [5, 5.41) is 0.799. The van der Waals surface area contributed by atoms with Crippen molar-refractivity contribution in [3.63, 3.8) is 0 Å². The van der Waals surface area contributed by atoms with Crippen LogP contribution in [0.2, 0.25) is 5.02 Å². The van der Waals surface area contributed by atoms with Crippen LogP contribution < -0.4 is 0 Å². The van der Waals surface area contributed by atoms with E-state index in [9.17, 15) is 8.78 Å². The molecular formula is C15H12BrClF2. The van der Waals surface area contributed by atoms with Gasteiger partial charge in [-0.15, -0.1) is 0 Å². The first kappa shape index (κ1) is 14.5. The van der Waals surface area contributed by atoms with Crippen molar-refractivity contribution in [2.75, 3.05) is 5.33 Å². The molecule has 19 heavy (non-hydrogen) atoms. The summed E-state index contributed by atoms with van der Waals surface area (Å²) in [6.45, 7) is 0. The summed E-state index contributed by atoms with van der Waals surface area (Å²) in [6, 6.07) is 11.2. The monoisotopic (exact) mass is 344 g/mol. The molecule has 4 heteroatoms. The van der Waals surface area contributed by atoms with Crippen LogP contribution in [0.3, 0.4) is 0 Å². The number of benzene rings is 2. The van der Waals surface area contributed by atoms with E-state index in [4.69, 9.17) is 11.6 Å². The lowest BCUT2D eigenvalue weighted by Gasteiger charge is -2.16. The van der Waals surface area contributed by atoms with Crippen molar-refractivity contribution in [3.8, 4) is 0 Å². The summed E-state index contributed by atoms with van der Waals surface area (Å²) < 4.78 is 26.6. The Morgan fingerprint density at radius 2 is 1.84 bits per heavy atom. The quantitative estimate of drug-likeness (QED) is 0.656. The van der Waals surface area contributed by atoms with Gasteiger partial charge in [-0.1, -0.05) is 51.8 Å². The zero-order chi connectivity index (χ0) is 13.8. The zero-order valence-corrected chi connectivity index (χ0v) is 12.4. The SMILES string of the molecule is Fc1cccc(C(CBr)Cc2cccc(F)c2Cl)c1. The Morgan fingerprint density at radius 1 is 1.11 bits per heavy atom. The normalized spacial score (nSPS) is 12.4. The third-order valence-electron chi connectivity index (χ3n) is 3.00. The van der Waals surface area contributed by atoms with Crippen LogP contribution in [0.5, 0.6) is 0 Å². The van der Waals surface area contributed by atoms with Gasteiger partial charge >= 0.3 is 0 Å². The smallest absolute Gasteiger partial charge is 0.142 e. The molecule has 0 fully saturated rings. The number of alkyl halides is 1. The number of halogens is 4. The third kappa shape index (κ3) is 3.54. The fourth-order valence-corrected chi connectivity index (χ4v) is 2.80. The maximum absolute atomic E-state index is 13.4. The number of hydrogen-bond acceptors (Lipinski definition) is 0. The molecule has 0 saturated carbocycles. The second-order valence-electron chi connectivity index (χ2n) is 4.32. The lowest BCUT2D eigenvalue weighted by molar-refractivity contribution is 0.618. The Kier molecular flexibility index (Phi) is 4.94. The molecule has 2 aromatic rings. The van der Waals surface area contributed by atoms with Crippen molar-refractivity contribution in [3.05, 3.63) is 70.2 Å². The standard InChI is InChI=1S/C15H12BrClF2/c16-9-12(10-3-1-5-13(18)8-10)7-11-4-2-6-14(19)15(11)17/h1-6,8,12H,7,9H2. The Morgan fingerprint density at radius 3 is 2.53 bits per heavy atom. The van der Waals surface area contributed by atoms with E-state index < -0.39 is 5.82 Å². The summed E-state index contributed by atoms with van der Waals surface area (Å²) >= 11 is 9.37. The topological polar surface area (TPSA) is 0 Å². The van der Waals surface area contributed by atoms with Gasteiger partial charge in [0.15, 0.2) is 0 Å². The van der Waals surface area contributed by atoms with Crippen LogP contribution in [0.1, 0.15) is 17.0 Å². The van der Waals surface area contributed by atoms with Crippen molar-refractivity contribution < 1.29 is 8.78 Å². The minimum atomic E-state index is -0.424.